The largest absolute Gasteiger partial charge is 0.466 e. The van der Waals surface area contributed by atoms with E-state index in [9.17, 15) is 9.59 Å². The zero-order valence-electron chi connectivity index (χ0n) is 9.94. The van der Waals surface area contributed by atoms with Crippen molar-refractivity contribution in [2.24, 2.45) is 11.7 Å². The van der Waals surface area contributed by atoms with Crippen LogP contribution in [0.3, 0.4) is 0 Å². The summed E-state index contributed by atoms with van der Waals surface area (Å²) in [4.78, 5) is 24.6. The number of rotatable bonds is 4. The number of piperidine rings is 1. The maximum Gasteiger partial charge on any atom is 0.310 e. The molecule has 1 rings (SSSR count). The molecule has 0 aliphatic carbocycles. The van der Waals surface area contributed by atoms with Crippen LogP contribution in [0.15, 0.2) is 0 Å². The standard InChI is InChI=1S/C11H20N2O3/c1-3-16-11(15)9-5-4-6-13(7-9)8(2)10(12)14/h8-9H,3-7H2,1-2H3,(H2,12,14). The molecule has 1 amide bonds. The molecule has 1 aliphatic heterocycles. The molecule has 1 saturated heterocycles. The molecule has 2 atom stereocenters. The first kappa shape index (κ1) is 13.0. The minimum atomic E-state index is -0.343. The molecule has 5 heteroatoms. The summed E-state index contributed by atoms with van der Waals surface area (Å²) in [6.07, 6.45) is 1.74. The summed E-state index contributed by atoms with van der Waals surface area (Å²) in [6, 6.07) is -0.308. The Labute approximate surface area is 95.9 Å². The van der Waals surface area contributed by atoms with Gasteiger partial charge in [0.1, 0.15) is 0 Å². The normalized spacial score (nSPS) is 23.8. The van der Waals surface area contributed by atoms with Gasteiger partial charge in [0, 0.05) is 6.54 Å². The highest BCUT2D eigenvalue weighted by Crippen LogP contribution is 2.19. The Morgan fingerprint density at radius 1 is 1.56 bits per heavy atom. The zero-order chi connectivity index (χ0) is 12.1. The molecular formula is C11H20N2O3. The first-order valence-corrected chi connectivity index (χ1v) is 5.76. The molecule has 0 aromatic rings. The molecule has 2 unspecified atom stereocenters. The molecule has 2 N–H and O–H groups in total. The molecule has 5 nitrogen and oxygen atoms in total. The van der Waals surface area contributed by atoms with Crippen LogP contribution < -0.4 is 5.73 Å². The molecule has 0 aromatic heterocycles. The Kier molecular flexibility index (Phi) is 4.73. The molecule has 1 fully saturated rings. The number of hydrogen-bond acceptors (Lipinski definition) is 4. The van der Waals surface area contributed by atoms with Crippen LogP contribution in [0.2, 0.25) is 0 Å². The smallest absolute Gasteiger partial charge is 0.310 e. The third kappa shape index (κ3) is 3.20. The van der Waals surface area contributed by atoms with E-state index in [2.05, 4.69) is 0 Å². The van der Waals surface area contributed by atoms with E-state index in [1.165, 1.54) is 0 Å². The van der Waals surface area contributed by atoms with Crippen LogP contribution in [-0.4, -0.2) is 42.5 Å². The van der Waals surface area contributed by atoms with Gasteiger partial charge in [0.2, 0.25) is 5.91 Å². The number of ether oxygens (including phenoxy) is 1. The molecule has 16 heavy (non-hydrogen) atoms. The van der Waals surface area contributed by atoms with E-state index in [4.69, 9.17) is 10.5 Å². The molecular weight excluding hydrogens is 208 g/mol. The Balaban J connectivity index is 2.53. The minimum Gasteiger partial charge on any atom is -0.466 e. The second-order valence-electron chi connectivity index (χ2n) is 4.16. The monoisotopic (exact) mass is 228 g/mol. The predicted molar refractivity (Wildman–Crippen MR) is 59.6 cm³/mol. The van der Waals surface area contributed by atoms with Crippen molar-refractivity contribution in [1.29, 1.82) is 0 Å². The van der Waals surface area contributed by atoms with Gasteiger partial charge >= 0.3 is 5.97 Å². The molecule has 0 spiro atoms. The highest BCUT2D eigenvalue weighted by molar-refractivity contribution is 5.79. The average molecular weight is 228 g/mol. The molecule has 0 aromatic carbocycles. The van der Waals surface area contributed by atoms with Crippen LogP contribution in [0.25, 0.3) is 0 Å². The molecule has 0 radical (unpaired) electrons. The summed E-state index contributed by atoms with van der Waals surface area (Å²) in [7, 11) is 0. The van der Waals surface area contributed by atoms with Crippen LogP contribution in [-0.2, 0) is 14.3 Å². The van der Waals surface area contributed by atoms with Crippen LogP contribution >= 0.6 is 0 Å². The second kappa shape index (κ2) is 5.84. The van der Waals surface area contributed by atoms with Gasteiger partial charge in [-0.25, -0.2) is 0 Å². The molecule has 92 valence electrons. The fourth-order valence-corrected chi connectivity index (χ4v) is 1.99. The number of carbonyl (C=O) groups is 2. The van der Waals surface area contributed by atoms with Crippen LogP contribution in [0.1, 0.15) is 26.7 Å². The Bertz CT molecular complexity index is 268. The number of nitrogens with zero attached hydrogens (tertiary/aromatic N) is 1. The number of amides is 1. The lowest BCUT2D eigenvalue weighted by Crippen LogP contribution is -2.49. The van der Waals surface area contributed by atoms with Crippen LogP contribution in [0.4, 0.5) is 0 Å². The van der Waals surface area contributed by atoms with Crippen molar-refractivity contribution < 1.29 is 14.3 Å². The minimum absolute atomic E-state index is 0.115. The van der Waals surface area contributed by atoms with Gasteiger partial charge in [0.15, 0.2) is 0 Å². The van der Waals surface area contributed by atoms with Crippen LogP contribution in [0.5, 0.6) is 0 Å². The lowest BCUT2D eigenvalue weighted by Gasteiger charge is -2.34. The lowest BCUT2D eigenvalue weighted by molar-refractivity contribution is -0.150. The van der Waals surface area contributed by atoms with Gasteiger partial charge in [0.25, 0.3) is 0 Å². The molecule has 1 aliphatic rings. The van der Waals surface area contributed by atoms with Crippen molar-refractivity contribution in [1.82, 2.24) is 4.90 Å². The Morgan fingerprint density at radius 3 is 2.81 bits per heavy atom. The quantitative estimate of drug-likeness (QED) is 0.694. The van der Waals surface area contributed by atoms with E-state index >= 15 is 0 Å². The Morgan fingerprint density at radius 2 is 2.25 bits per heavy atom. The van der Waals surface area contributed by atoms with Gasteiger partial charge < -0.3 is 10.5 Å². The van der Waals surface area contributed by atoms with E-state index < -0.39 is 0 Å². The van der Waals surface area contributed by atoms with Crippen molar-refractivity contribution in [3.8, 4) is 0 Å². The van der Waals surface area contributed by atoms with Crippen molar-refractivity contribution in [3.63, 3.8) is 0 Å². The zero-order valence-corrected chi connectivity index (χ0v) is 9.94. The van der Waals surface area contributed by atoms with Gasteiger partial charge in [-0.05, 0) is 33.2 Å². The first-order valence-electron chi connectivity index (χ1n) is 5.76. The highest BCUT2D eigenvalue weighted by atomic mass is 16.5. The summed E-state index contributed by atoms with van der Waals surface area (Å²) in [5.74, 6) is -0.621. The number of carbonyl (C=O) groups excluding carboxylic acids is 2. The SMILES string of the molecule is CCOC(=O)C1CCCN(C(C)C(N)=O)C1. The fraction of sp³-hybridized carbons (Fsp3) is 0.818. The third-order valence-corrected chi connectivity index (χ3v) is 3.03. The molecule has 1 heterocycles. The first-order chi connectivity index (χ1) is 7.56. The molecule has 0 bridgehead atoms. The van der Waals surface area contributed by atoms with Crippen molar-refractivity contribution in [3.05, 3.63) is 0 Å². The molecule has 0 saturated carbocycles. The van der Waals surface area contributed by atoms with E-state index in [1.54, 1.807) is 13.8 Å². The topological polar surface area (TPSA) is 72.6 Å². The lowest BCUT2D eigenvalue weighted by atomic mass is 9.97. The second-order valence-corrected chi connectivity index (χ2v) is 4.16. The van der Waals surface area contributed by atoms with E-state index in [-0.39, 0.29) is 23.8 Å². The highest BCUT2D eigenvalue weighted by Gasteiger charge is 2.30. The fourth-order valence-electron chi connectivity index (χ4n) is 1.99. The van der Waals surface area contributed by atoms with E-state index in [0.29, 0.717) is 13.2 Å². The number of nitrogens with two attached hydrogens (primary N) is 1. The van der Waals surface area contributed by atoms with Gasteiger partial charge in [-0.3, -0.25) is 14.5 Å². The van der Waals surface area contributed by atoms with Crippen molar-refractivity contribution in [2.45, 2.75) is 32.7 Å². The average Bonchev–Trinajstić information content (AvgIpc) is 2.28. The summed E-state index contributed by atoms with van der Waals surface area (Å²) in [5, 5.41) is 0. The van der Waals surface area contributed by atoms with Gasteiger partial charge in [-0.2, -0.15) is 0 Å². The maximum absolute atomic E-state index is 11.6. The van der Waals surface area contributed by atoms with Crippen molar-refractivity contribution in [2.75, 3.05) is 19.7 Å². The van der Waals surface area contributed by atoms with Crippen LogP contribution in [0, 0.1) is 5.92 Å². The van der Waals surface area contributed by atoms with Gasteiger partial charge in [0.05, 0.1) is 18.6 Å². The maximum atomic E-state index is 11.6. The number of hydrogen-bond donors (Lipinski definition) is 1. The number of primary amides is 1. The Hall–Kier alpha value is -1.10. The summed E-state index contributed by atoms with van der Waals surface area (Å²) in [5.41, 5.74) is 5.25. The van der Waals surface area contributed by atoms with Gasteiger partial charge in [-0.1, -0.05) is 0 Å². The van der Waals surface area contributed by atoms with Crippen molar-refractivity contribution >= 4 is 11.9 Å². The summed E-state index contributed by atoms with van der Waals surface area (Å²) in [6.45, 7) is 5.37. The summed E-state index contributed by atoms with van der Waals surface area (Å²) < 4.78 is 4.99. The van der Waals surface area contributed by atoms with E-state index in [1.807, 2.05) is 4.90 Å². The van der Waals surface area contributed by atoms with E-state index in [0.717, 1.165) is 19.4 Å². The summed E-state index contributed by atoms with van der Waals surface area (Å²) >= 11 is 0. The number of likely N-dealkylation sites (tertiary alicyclic amines) is 1. The predicted octanol–water partition coefficient (Wildman–Crippen LogP) is 0.135. The number of esters is 1. The van der Waals surface area contributed by atoms with Gasteiger partial charge in [-0.15, -0.1) is 0 Å². The third-order valence-electron chi connectivity index (χ3n) is 3.03.